The molecule has 146 valence electrons. The van der Waals surface area contributed by atoms with Crippen LogP contribution in [0, 0.1) is 6.92 Å². The maximum absolute atomic E-state index is 10.6. The van der Waals surface area contributed by atoms with E-state index in [1.807, 2.05) is 23.2 Å². The van der Waals surface area contributed by atoms with Gasteiger partial charge in [-0.05, 0) is 30.7 Å². The minimum atomic E-state index is -0.631. The molecular formula is C23H18Cl2N2O2. The highest BCUT2D eigenvalue weighted by Gasteiger charge is 2.42. The molecule has 0 saturated heterocycles. The number of halogens is 2. The summed E-state index contributed by atoms with van der Waals surface area (Å²) in [6.07, 6.45) is 0.115. The number of hydrazone groups is 1. The molecule has 2 aliphatic rings. The van der Waals surface area contributed by atoms with Crippen LogP contribution in [0.5, 0.6) is 11.5 Å². The lowest BCUT2D eigenvalue weighted by molar-refractivity contribution is -0.0203. The molecule has 0 unspecified atom stereocenters. The van der Waals surface area contributed by atoms with Crippen LogP contribution in [0.15, 0.2) is 65.8 Å². The highest BCUT2D eigenvalue weighted by Crippen LogP contribution is 2.49. The van der Waals surface area contributed by atoms with Crippen LogP contribution in [0.2, 0.25) is 10.0 Å². The van der Waals surface area contributed by atoms with Gasteiger partial charge in [0.1, 0.15) is 11.5 Å². The second-order valence-corrected chi connectivity index (χ2v) is 8.19. The molecule has 0 amide bonds. The van der Waals surface area contributed by atoms with E-state index in [1.165, 1.54) is 11.6 Å². The monoisotopic (exact) mass is 424 g/mol. The Morgan fingerprint density at radius 1 is 1.03 bits per heavy atom. The zero-order chi connectivity index (χ0) is 20.1. The molecule has 6 heteroatoms. The van der Waals surface area contributed by atoms with Crippen LogP contribution in [-0.2, 0) is 0 Å². The van der Waals surface area contributed by atoms with Crippen molar-refractivity contribution in [1.29, 1.82) is 0 Å². The molecule has 0 aliphatic carbocycles. The summed E-state index contributed by atoms with van der Waals surface area (Å²) in [4.78, 5) is 0. The van der Waals surface area contributed by atoms with Crippen molar-refractivity contribution in [2.24, 2.45) is 5.10 Å². The summed E-state index contributed by atoms with van der Waals surface area (Å²) < 4.78 is 6.27. The maximum atomic E-state index is 10.6. The Hall–Kier alpha value is -2.69. The second-order valence-electron chi connectivity index (χ2n) is 7.35. The third-order valence-electron chi connectivity index (χ3n) is 5.41. The fourth-order valence-corrected chi connectivity index (χ4v) is 4.44. The van der Waals surface area contributed by atoms with E-state index in [0.29, 0.717) is 10.6 Å². The maximum Gasteiger partial charge on any atom is 0.217 e. The van der Waals surface area contributed by atoms with E-state index in [1.54, 1.807) is 6.07 Å². The van der Waals surface area contributed by atoms with Gasteiger partial charge in [0.2, 0.25) is 6.23 Å². The van der Waals surface area contributed by atoms with Crippen molar-refractivity contribution in [2.75, 3.05) is 0 Å². The van der Waals surface area contributed by atoms with Gasteiger partial charge < -0.3 is 9.84 Å². The highest BCUT2D eigenvalue weighted by atomic mass is 35.5. The first-order valence-electron chi connectivity index (χ1n) is 9.37. The number of hydrogen-bond acceptors (Lipinski definition) is 4. The Bertz CT molecular complexity index is 1130. The summed E-state index contributed by atoms with van der Waals surface area (Å²) in [5.74, 6) is 0.729. The zero-order valence-electron chi connectivity index (χ0n) is 15.6. The lowest BCUT2D eigenvalue weighted by atomic mass is 9.95. The van der Waals surface area contributed by atoms with Gasteiger partial charge in [-0.25, -0.2) is 5.01 Å². The molecule has 0 radical (unpaired) electrons. The van der Waals surface area contributed by atoms with Gasteiger partial charge in [0.05, 0.1) is 22.3 Å². The fourth-order valence-electron chi connectivity index (χ4n) is 3.93. The number of phenolic OH excluding ortho intramolecular Hbond substituents is 1. The van der Waals surface area contributed by atoms with Gasteiger partial charge in [-0.2, -0.15) is 5.10 Å². The summed E-state index contributed by atoms with van der Waals surface area (Å²) in [5, 5.41) is 18.0. The van der Waals surface area contributed by atoms with Crippen molar-refractivity contribution in [3.05, 3.63) is 93.0 Å². The van der Waals surface area contributed by atoms with Crippen molar-refractivity contribution < 1.29 is 9.84 Å². The van der Waals surface area contributed by atoms with Crippen LogP contribution in [0.1, 0.15) is 40.9 Å². The van der Waals surface area contributed by atoms with Crippen molar-refractivity contribution in [3.8, 4) is 11.5 Å². The zero-order valence-corrected chi connectivity index (χ0v) is 17.2. The van der Waals surface area contributed by atoms with Crippen LogP contribution in [0.25, 0.3) is 0 Å². The van der Waals surface area contributed by atoms with Gasteiger partial charge in [0.15, 0.2) is 0 Å². The highest BCUT2D eigenvalue weighted by molar-refractivity contribution is 6.35. The molecule has 29 heavy (non-hydrogen) atoms. The summed E-state index contributed by atoms with van der Waals surface area (Å²) in [6.45, 7) is 2.06. The molecule has 5 rings (SSSR count). The predicted octanol–water partition coefficient (Wildman–Crippen LogP) is 6.25. The number of benzene rings is 3. The number of fused-ring (bicyclic) bond motifs is 3. The first kappa shape index (κ1) is 18.3. The molecule has 2 heterocycles. The van der Waals surface area contributed by atoms with E-state index in [9.17, 15) is 5.11 Å². The van der Waals surface area contributed by atoms with E-state index in [0.717, 1.165) is 29.0 Å². The van der Waals surface area contributed by atoms with Gasteiger partial charge in [-0.15, -0.1) is 0 Å². The van der Waals surface area contributed by atoms with Crippen molar-refractivity contribution in [1.82, 2.24) is 5.01 Å². The Kier molecular flexibility index (Phi) is 4.41. The molecule has 3 aromatic rings. The Morgan fingerprint density at radius 3 is 2.59 bits per heavy atom. The molecule has 0 aromatic heterocycles. The molecule has 4 nitrogen and oxygen atoms in total. The average Bonchev–Trinajstić information content (AvgIpc) is 3.16. The second kappa shape index (κ2) is 6.97. The third kappa shape index (κ3) is 3.13. The summed E-state index contributed by atoms with van der Waals surface area (Å²) in [6, 6.07) is 19.5. The van der Waals surface area contributed by atoms with Gasteiger partial charge in [0.25, 0.3) is 0 Å². The molecular weight excluding hydrogens is 407 g/mol. The standard InChI is InChI=1S/C23H18Cl2N2O2/c1-13-6-8-14(9-7-13)19-12-20-16-4-2-3-5-21(16)29-23(27(20)26-19)17-10-15(24)11-18(25)22(17)28/h2-11,20,23,28H,12H2,1H3/t20-,23-/m0/s1. The average molecular weight is 425 g/mol. The number of phenols is 1. The number of nitrogens with zero attached hydrogens (tertiary/aromatic N) is 2. The van der Waals surface area contributed by atoms with Gasteiger partial charge in [0, 0.05) is 17.0 Å². The van der Waals surface area contributed by atoms with Gasteiger partial charge in [-0.3, -0.25) is 0 Å². The Morgan fingerprint density at radius 2 is 1.79 bits per heavy atom. The number of para-hydroxylation sites is 1. The number of hydrogen-bond donors (Lipinski definition) is 1. The van der Waals surface area contributed by atoms with Crippen LogP contribution >= 0.6 is 23.2 Å². The molecule has 0 fully saturated rings. The van der Waals surface area contributed by atoms with Crippen LogP contribution in [-0.4, -0.2) is 15.8 Å². The Balaban J connectivity index is 1.63. The minimum Gasteiger partial charge on any atom is -0.506 e. The van der Waals surface area contributed by atoms with E-state index in [-0.39, 0.29) is 16.8 Å². The van der Waals surface area contributed by atoms with E-state index < -0.39 is 6.23 Å². The SMILES string of the molecule is Cc1ccc(C2=NN3[C@@H](C2)c2ccccc2O[C@H]3c2cc(Cl)cc(Cl)c2O)cc1. The molecule has 2 atom stereocenters. The quantitative estimate of drug-likeness (QED) is 0.528. The van der Waals surface area contributed by atoms with E-state index in [2.05, 4.69) is 37.3 Å². The van der Waals surface area contributed by atoms with Gasteiger partial charge in [-0.1, -0.05) is 71.2 Å². The third-order valence-corrected chi connectivity index (χ3v) is 5.91. The predicted molar refractivity (Wildman–Crippen MR) is 115 cm³/mol. The normalized spacial score (nSPS) is 20.0. The molecule has 2 aliphatic heterocycles. The van der Waals surface area contributed by atoms with Gasteiger partial charge >= 0.3 is 0 Å². The molecule has 1 N–H and O–H groups in total. The topological polar surface area (TPSA) is 45.1 Å². The first-order valence-corrected chi connectivity index (χ1v) is 10.1. The molecule has 0 bridgehead atoms. The largest absolute Gasteiger partial charge is 0.506 e. The first-order chi connectivity index (χ1) is 14.0. The van der Waals surface area contributed by atoms with E-state index >= 15 is 0 Å². The molecule has 0 spiro atoms. The van der Waals surface area contributed by atoms with Crippen LogP contribution < -0.4 is 4.74 Å². The number of ether oxygens (including phenoxy) is 1. The van der Waals surface area contributed by atoms with Crippen molar-refractivity contribution in [3.63, 3.8) is 0 Å². The van der Waals surface area contributed by atoms with Crippen molar-refractivity contribution in [2.45, 2.75) is 25.6 Å². The molecule has 0 saturated carbocycles. The lowest BCUT2D eigenvalue weighted by Gasteiger charge is -2.38. The minimum absolute atomic E-state index is 0.00147. The number of aromatic hydroxyl groups is 1. The summed E-state index contributed by atoms with van der Waals surface area (Å²) in [5.41, 5.74) is 4.83. The smallest absolute Gasteiger partial charge is 0.217 e. The van der Waals surface area contributed by atoms with Crippen molar-refractivity contribution >= 4 is 28.9 Å². The molecule has 3 aromatic carbocycles. The summed E-state index contributed by atoms with van der Waals surface area (Å²) >= 11 is 12.4. The number of rotatable bonds is 2. The van der Waals surface area contributed by atoms with E-state index in [4.69, 9.17) is 33.0 Å². The van der Waals surface area contributed by atoms with Crippen LogP contribution in [0.4, 0.5) is 0 Å². The fraction of sp³-hybridized carbons (Fsp3) is 0.174. The number of aryl methyl sites for hydroxylation is 1. The van der Waals surface area contributed by atoms with Crippen LogP contribution in [0.3, 0.4) is 0 Å². The lowest BCUT2D eigenvalue weighted by Crippen LogP contribution is -2.33. The Labute approximate surface area is 178 Å². The summed E-state index contributed by atoms with van der Waals surface area (Å²) in [7, 11) is 0.